The molecule has 0 rings (SSSR count). The number of phosphoric ester groups is 1. The van der Waals surface area contributed by atoms with Gasteiger partial charge >= 0.3 is 25.7 Å². The Kier molecular flexibility index (Phi) is 48.7. The number of aliphatic hydroxyl groups excluding tert-OH is 1. The fourth-order valence-corrected chi connectivity index (χ4v) is 7.46. The van der Waals surface area contributed by atoms with E-state index >= 15 is 0 Å². The molecule has 398 valence electrons. The Morgan fingerprint density at radius 1 is 0.414 bits per heavy atom. The Hall–Kier alpha value is -3.86. The van der Waals surface area contributed by atoms with Gasteiger partial charge in [-0.2, -0.15) is 0 Å². The van der Waals surface area contributed by atoms with E-state index in [0.717, 1.165) is 103 Å². The molecular weight excluding hydrogens is 904 g/mol. The van der Waals surface area contributed by atoms with Crippen LogP contribution in [-0.4, -0.2) is 66.5 Å². The van der Waals surface area contributed by atoms with E-state index in [9.17, 15) is 28.9 Å². The first-order chi connectivity index (χ1) is 34.2. The molecule has 3 unspecified atom stereocenters. The topological polar surface area (TPSA) is 155 Å². The molecule has 0 radical (unpaired) electrons. The van der Waals surface area contributed by atoms with Crippen LogP contribution in [0.15, 0.2) is 109 Å². The molecule has 0 aromatic carbocycles. The van der Waals surface area contributed by atoms with Gasteiger partial charge in [0.15, 0.2) is 6.10 Å². The van der Waals surface area contributed by atoms with Crippen molar-refractivity contribution in [2.24, 2.45) is 0 Å². The van der Waals surface area contributed by atoms with Crippen LogP contribution in [0.1, 0.15) is 201 Å². The number of esters is 3. The molecule has 0 heterocycles. The summed E-state index contributed by atoms with van der Waals surface area (Å²) in [6.45, 7) is 4.27. The molecule has 0 aromatic rings. The van der Waals surface area contributed by atoms with Crippen LogP contribution in [0.3, 0.4) is 0 Å². The molecule has 3 atom stereocenters. The summed E-state index contributed by atoms with van der Waals surface area (Å²) in [5.74, 6) is -1.58. The van der Waals surface area contributed by atoms with E-state index in [1.54, 1.807) is 0 Å². The Bertz CT molecular complexity index is 1590. The average molecular weight is 999 g/mol. The zero-order valence-corrected chi connectivity index (χ0v) is 44.6. The van der Waals surface area contributed by atoms with Crippen molar-refractivity contribution in [3.05, 3.63) is 109 Å². The fourth-order valence-electron chi connectivity index (χ4n) is 6.68. The summed E-state index contributed by atoms with van der Waals surface area (Å²) in [6, 6.07) is 0. The van der Waals surface area contributed by atoms with Crippen LogP contribution >= 0.6 is 7.82 Å². The Morgan fingerprint density at radius 3 is 1.20 bits per heavy atom. The molecule has 0 bridgehead atoms. The van der Waals surface area contributed by atoms with E-state index in [2.05, 4.69) is 118 Å². The lowest BCUT2D eigenvalue weighted by atomic mass is 10.1. The van der Waals surface area contributed by atoms with Crippen LogP contribution < -0.4 is 0 Å². The molecule has 11 nitrogen and oxygen atoms in total. The molecule has 0 saturated carbocycles. The van der Waals surface area contributed by atoms with Gasteiger partial charge in [0.1, 0.15) is 12.7 Å². The van der Waals surface area contributed by atoms with E-state index in [4.69, 9.17) is 23.3 Å². The van der Waals surface area contributed by atoms with Crippen molar-refractivity contribution in [1.82, 2.24) is 0 Å². The van der Waals surface area contributed by atoms with Crippen molar-refractivity contribution < 1.29 is 52.2 Å². The second-order valence-corrected chi connectivity index (χ2v) is 18.7. The number of unbranched alkanes of at least 4 members (excludes halogenated alkanes) is 13. The number of hydrogen-bond acceptors (Lipinski definition) is 10. The third-order valence-electron chi connectivity index (χ3n) is 10.7. The van der Waals surface area contributed by atoms with Gasteiger partial charge in [-0.05, 0) is 96.3 Å². The molecule has 0 spiro atoms. The average Bonchev–Trinajstić information content (AvgIpc) is 3.35. The zero-order valence-electron chi connectivity index (χ0n) is 43.7. The van der Waals surface area contributed by atoms with E-state index in [-0.39, 0.29) is 25.9 Å². The maximum atomic E-state index is 12.8. The highest BCUT2D eigenvalue weighted by molar-refractivity contribution is 7.47. The molecule has 0 amide bonds. The van der Waals surface area contributed by atoms with Crippen LogP contribution in [0.2, 0.25) is 0 Å². The van der Waals surface area contributed by atoms with Crippen molar-refractivity contribution in [3.8, 4) is 0 Å². The largest absolute Gasteiger partial charge is 0.472 e. The van der Waals surface area contributed by atoms with Crippen molar-refractivity contribution in [2.45, 2.75) is 213 Å². The molecular formula is C58H95O11P. The minimum Gasteiger partial charge on any atom is -0.462 e. The Balaban J connectivity index is 4.89. The second-order valence-electron chi connectivity index (χ2n) is 17.3. The Labute approximate surface area is 425 Å². The monoisotopic (exact) mass is 999 g/mol. The summed E-state index contributed by atoms with van der Waals surface area (Å²) in [5, 5.41) is 9.75. The van der Waals surface area contributed by atoms with Crippen LogP contribution in [0.25, 0.3) is 0 Å². The van der Waals surface area contributed by atoms with Crippen LogP contribution in [0.5, 0.6) is 0 Å². The summed E-state index contributed by atoms with van der Waals surface area (Å²) in [4.78, 5) is 48.3. The van der Waals surface area contributed by atoms with Crippen LogP contribution in [0.4, 0.5) is 0 Å². The summed E-state index contributed by atoms with van der Waals surface area (Å²) in [5.41, 5.74) is 0. The highest BCUT2D eigenvalue weighted by Crippen LogP contribution is 2.43. The summed E-state index contributed by atoms with van der Waals surface area (Å²) < 4.78 is 39.3. The molecule has 2 N–H and O–H groups in total. The van der Waals surface area contributed by atoms with Crippen LogP contribution in [0, 0.1) is 0 Å². The maximum Gasteiger partial charge on any atom is 0.472 e. The van der Waals surface area contributed by atoms with Crippen molar-refractivity contribution in [2.75, 3.05) is 26.4 Å². The number of carbonyl (C=O) groups is 3. The van der Waals surface area contributed by atoms with Crippen molar-refractivity contribution in [1.29, 1.82) is 0 Å². The van der Waals surface area contributed by atoms with Gasteiger partial charge in [0.05, 0.1) is 19.8 Å². The molecule has 70 heavy (non-hydrogen) atoms. The maximum absolute atomic E-state index is 12.8. The molecule has 0 aromatic heterocycles. The first-order valence-corrected chi connectivity index (χ1v) is 28.3. The van der Waals surface area contributed by atoms with Gasteiger partial charge in [-0.3, -0.25) is 23.4 Å². The second kappa shape index (κ2) is 51.5. The molecule has 0 aliphatic heterocycles. The summed E-state index contributed by atoms with van der Waals surface area (Å²) in [6.07, 6.45) is 60.7. The SMILES string of the molecule is CC/C=C\C/C=C\C/C=C\C/C=C\C/C=C\CCCC(=O)OC(COC(=O)CCCCCC/C=C\C/C=C\C/C=C\C/C=C\CC)COP(=O)(O)OCC(CO)OC(=O)CCCCCCCCCCC. The third kappa shape index (κ3) is 49.1. The molecule has 0 fully saturated rings. The molecule has 0 saturated heterocycles. The number of carbonyl (C=O) groups excluding carboxylic acids is 3. The molecule has 0 aliphatic carbocycles. The van der Waals surface area contributed by atoms with E-state index in [1.807, 2.05) is 12.2 Å². The summed E-state index contributed by atoms with van der Waals surface area (Å²) in [7, 11) is -4.77. The number of allylic oxidation sites excluding steroid dienone is 18. The van der Waals surface area contributed by atoms with Gasteiger partial charge in [-0.15, -0.1) is 0 Å². The highest BCUT2D eigenvalue weighted by Gasteiger charge is 2.28. The minimum absolute atomic E-state index is 0.0789. The predicted molar refractivity (Wildman–Crippen MR) is 288 cm³/mol. The fraction of sp³-hybridized carbons (Fsp3) is 0.638. The van der Waals surface area contributed by atoms with Gasteiger partial charge in [-0.25, -0.2) is 4.57 Å². The first kappa shape index (κ1) is 66.1. The Morgan fingerprint density at radius 2 is 0.757 bits per heavy atom. The van der Waals surface area contributed by atoms with E-state index < -0.39 is 57.8 Å². The lowest BCUT2D eigenvalue weighted by Gasteiger charge is -2.21. The standard InChI is InChI=1S/C58H95O11P/c1-4-7-10-13-16-19-21-23-25-27-29-31-33-36-38-41-44-47-56(60)65-51-55(69-58(62)49-46-43-40-37-34-32-30-28-26-24-22-20-17-14-11-8-5-2)53-67-70(63,64)66-52-54(50-59)68-57(61)48-45-42-39-35-18-15-12-9-6-3/h7-8,10-11,16-17,19-20,23-26,29-32,37,40,54-55,59H,4-6,9,12-15,18,21-22,27-28,33-36,38-39,41-53H2,1-3H3,(H,63,64)/b10-7-,11-8-,19-16-,20-17-,25-23-,26-24-,31-29-,32-30-,40-37-. The van der Waals surface area contributed by atoms with Crippen molar-refractivity contribution >= 4 is 25.7 Å². The first-order valence-electron chi connectivity index (χ1n) is 26.8. The number of ether oxygens (including phenoxy) is 3. The predicted octanol–water partition coefficient (Wildman–Crippen LogP) is 15.5. The zero-order chi connectivity index (χ0) is 51.3. The van der Waals surface area contributed by atoms with E-state index in [0.29, 0.717) is 25.7 Å². The van der Waals surface area contributed by atoms with Gasteiger partial charge in [0, 0.05) is 19.3 Å². The highest BCUT2D eigenvalue weighted by atomic mass is 31.2. The minimum atomic E-state index is -4.77. The van der Waals surface area contributed by atoms with Gasteiger partial charge in [-0.1, -0.05) is 194 Å². The molecule has 12 heteroatoms. The third-order valence-corrected chi connectivity index (χ3v) is 11.6. The molecule has 0 aliphatic rings. The van der Waals surface area contributed by atoms with E-state index in [1.165, 1.54) is 32.1 Å². The lowest BCUT2D eigenvalue weighted by molar-refractivity contribution is -0.161. The smallest absolute Gasteiger partial charge is 0.462 e. The number of aliphatic hydroxyl groups is 1. The number of hydrogen-bond donors (Lipinski definition) is 2. The van der Waals surface area contributed by atoms with Gasteiger partial charge in [0.2, 0.25) is 0 Å². The quantitative estimate of drug-likeness (QED) is 0.0197. The lowest BCUT2D eigenvalue weighted by Crippen LogP contribution is -2.30. The van der Waals surface area contributed by atoms with Crippen LogP contribution in [-0.2, 0) is 42.2 Å². The normalized spacial score (nSPS) is 14.3. The van der Waals surface area contributed by atoms with Crippen molar-refractivity contribution in [3.63, 3.8) is 0 Å². The summed E-state index contributed by atoms with van der Waals surface area (Å²) >= 11 is 0. The van der Waals surface area contributed by atoms with Gasteiger partial charge < -0.3 is 24.2 Å². The number of phosphoric acid groups is 1. The van der Waals surface area contributed by atoms with Gasteiger partial charge in [0.25, 0.3) is 0 Å². The number of rotatable bonds is 48.